The quantitative estimate of drug-likeness (QED) is 0.594. The van der Waals surface area contributed by atoms with E-state index in [0.717, 1.165) is 28.6 Å². The molecule has 1 amide bonds. The van der Waals surface area contributed by atoms with Gasteiger partial charge in [-0.1, -0.05) is 18.2 Å². The lowest BCUT2D eigenvalue weighted by molar-refractivity contribution is -0.153. The van der Waals surface area contributed by atoms with Gasteiger partial charge in [0.1, 0.15) is 11.6 Å². The molecule has 3 rings (SSSR count). The summed E-state index contributed by atoms with van der Waals surface area (Å²) >= 11 is 0. The second-order valence-corrected chi connectivity index (χ2v) is 6.46. The van der Waals surface area contributed by atoms with Crippen LogP contribution in [-0.4, -0.2) is 23.0 Å². The van der Waals surface area contributed by atoms with Crippen molar-refractivity contribution in [3.8, 4) is 0 Å². The number of halogens is 2. The molecule has 2 aromatic carbocycles. The highest BCUT2D eigenvalue weighted by atomic mass is 19.1. The molecular formula is C21H20F2N2O3. The second-order valence-electron chi connectivity index (χ2n) is 6.46. The molecule has 28 heavy (non-hydrogen) atoms. The van der Waals surface area contributed by atoms with E-state index in [1.807, 2.05) is 30.5 Å². The number of hydrogen-bond donors (Lipinski definition) is 2. The molecule has 1 aromatic heterocycles. The maximum Gasteiger partial charge on any atom is 0.306 e. The Morgan fingerprint density at radius 1 is 1.18 bits per heavy atom. The Hall–Kier alpha value is -3.22. The summed E-state index contributed by atoms with van der Waals surface area (Å²) < 4.78 is 31.6. The highest BCUT2D eigenvalue weighted by Gasteiger charge is 2.19. The van der Waals surface area contributed by atoms with Gasteiger partial charge in [0.05, 0.1) is 5.69 Å². The fraction of sp³-hybridized carbons (Fsp3) is 0.238. The van der Waals surface area contributed by atoms with Crippen LogP contribution in [0.5, 0.6) is 0 Å². The van der Waals surface area contributed by atoms with Gasteiger partial charge in [0, 0.05) is 29.6 Å². The third kappa shape index (κ3) is 4.73. The number of esters is 1. The van der Waals surface area contributed by atoms with E-state index in [2.05, 4.69) is 10.3 Å². The first-order valence-electron chi connectivity index (χ1n) is 8.94. The molecule has 5 nitrogen and oxygen atoms in total. The van der Waals surface area contributed by atoms with Crippen LogP contribution in [-0.2, 0) is 20.7 Å². The van der Waals surface area contributed by atoms with Gasteiger partial charge in [-0.15, -0.1) is 0 Å². The predicted molar refractivity (Wildman–Crippen MR) is 102 cm³/mol. The number of carbonyl (C=O) groups is 2. The number of anilines is 1. The van der Waals surface area contributed by atoms with Crippen LogP contribution in [0.2, 0.25) is 0 Å². The minimum atomic E-state index is -1.09. The van der Waals surface area contributed by atoms with Crippen molar-refractivity contribution in [2.24, 2.45) is 0 Å². The monoisotopic (exact) mass is 386 g/mol. The smallest absolute Gasteiger partial charge is 0.306 e. The summed E-state index contributed by atoms with van der Waals surface area (Å²) in [6.45, 7) is 1.40. The van der Waals surface area contributed by atoms with Crippen LogP contribution in [0.1, 0.15) is 25.3 Å². The van der Waals surface area contributed by atoms with Gasteiger partial charge in [0.15, 0.2) is 6.10 Å². The maximum atomic E-state index is 13.6. The number of carbonyl (C=O) groups excluding carboxylic acids is 2. The number of benzene rings is 2. The van der Waals surface area contributed by atoms with Crippen LogP contribution in [0.25, 0.3) is 10.9 Å². The molecule has 1 unspecified atom stereocenters. The van der Waals surface area contributed by atoms with E-state index in [4.69, 9.17) is 4.74 Å². The van der Waals surface area contributed by atoms with Crippen LogP contribution < -0.4 is 5.32 Å². The van der Waals surface area contributed by atoms with Crippen molar-refractivity contribution < 1.29 is 23.1 Å². The zero-order valence-electron chi connectivity index (χ0n) is 15.3. The molecule has 0 saturated heterocycles. The molecule has 0 saturated carbocycles. The van der Waals surface area contributed by atoms with Crippen LogP contribution >= 0.6 is 0 Å². The maximum absolute atomic E-state index is 13.6. The van der Waals surface area contributed by atoms with E-state index in [1.54, 1.807) is 0 Å². The average Bonchev–Trinajstić information content (AvgIpc) is 3.07. The number of ether oxygens (including phenoxy) is 1. The SMILES string of the molecule is CC(OC(=O)CCCc1c[nH]c2ccccc12)C(=O)Nc1ccc(F)cc1F. The average molecular weight is 386 g/mol. The van der Waals surface area contributed by atoms with Gasteiger partial charge in [-0.3, -0.25) is 9.59 Å². The van der Waals surface area contributed by atoms with E-state index >= 15 is 0 Å². The number of aromatic amines is 1. The van der Waals surface area contributed by atoms with E-state index in [1.165, 1.54) is 6.92 Å². The lowest BCUT2D eigenvalue weighted by Crippen LogP contribution is -2.30. The predicted octanol–water partition coefficient (Wildman–Crippen LogP) is 4.34. The van der Waals surface area contributed by atoms with Gasteiger partial charge in [-0.2, -0.15) is 0 Å². The lowest BCUT2D eigenvalue weighted by atomic mass is 10.1. The Balaban J connectivity index is 1.46. The van der Waals surface area contributed by atoms with Crippen molar-refractivity contribution in [2.75, 3.05) is 5.32 Å². The van der Waals surface area contributed by atoms with Crippen molar-refractivity contribution in [1.82, 2.24) is 4.98 Å². The van der Waals surface area contributed by atoms with E-state index in [0.29, 0.717) is 18.9 Å². The Labute approximate surface area is 160 Å². The largest absolute Gasteiger partial charge is 0.453 e. The highest BCUT2D eigenvalue weighted by molar-refractivity contribution is 5.95. The molecule has 146 valence electrons. The van der Waals surface area contributed by atoms with Crippen LogP contribution in [0, 0.1) is 11.6 Å². The molecule has 1 atom stereocenters. The summed E-state index contributed by atoms with van der Waals surface area (Å²) in [6, 6.07) is 10.7. The summed E-state index contributed by atoms with van der Waals surface area (Å²) in [7, 11) is 0. The Bertz CT molecular complexity index is 1000. The van der Waals surface area contributed by atoms with E-state index < -0.39 is 29.6 Å². The lowest BCUT2D eigenvalue weighted by Gasteiger charge is -2.14. The van der Waals surface area contributed by atoms with Gasteiger partial charge >= 0.3 is 5.97 Å². The highest BCUT2D eigenvalue weighted by Crippen LogP contribution is 2.20. The van der Waals surface area contributed by atoms with Gasteiger partial charge in [0.2, 0.25) is 0 Å². The number of hydrogen-bond acceptors (Lipinski definition) is 3. The molecule has 2 N–H and O–H groups in total. The number of fused-ring (bicyclic) bond motifs is 1. The standard InChI is InChI=1S/C21H20F2N2O3/c1-13(21(27)25-19-10-9-15(22)11-17(19)23)28-20(26)8-4-5-14-12-24-18-7-3-2-6-16(14)18/h2-3,6-7,9-13,24H,4-5,8H2,1H3,(H,25,27). The van der Waals surface area contributed by atoms with Gasteiger partial charge < -0.3 is 15.0 Å². The van der Waals surface area contributed by atoms with Crippen LogP contribution in [0.15, 0.2) is 48.7 Å². The Morgan fingerprint density at radius 2 is 1.96 bits per heavy atom. The van der Waals surface area contributed by atoms with Crippen LogP contribution in [0.3, 0.4) is 0 Å². The molecule has 7 heteroatoms. The van der Waals surface area contributed by atoms with Crippen molar-refractivity contribution in [3.63, 3.8) is 0 Å². The summed E-state index contributed by atoms with van der Waals surface area (Å²) in [5.41, 5.74) is 1.98. The third-order valence-corrected chi connectivity index (χ3v) is 4.37. The molecule has 0 aliphatic heterocycles. The minimum Gasteiger partial charge on any atom is -0.453 e. The van der Waals surface area contributed by atoms with E-state index in [-0.39, 0.29) is 12.1 Å². The number of nitrogens with one attached hydrogen (secondary N) is 2. The Morgan fingerprint density at radius 3 is 2.75 bits per heavy atom. The molecule has 0 radical (unpaired) electrons. The first kappa shape index (κ1) is 19.5. The fourth-order valence-corrected chi connectivity index (χ4v) is 2.90. The number of aryl methyl sites for hydroxylation is 1. The molecular weight excluding hydrogens is 366 g/mol. The molecule has 0 bridgehead atoms. The van der Waals surface area contributed by atoms with E-state index in [9.17, 15) is 18.4 Å². The number of H-pyrrole nitrogens is 1. The molecule has 0 fully saturated rings. The third-order valence-electron chi connectivity index (χ3n) is 4.37. The van der Waals surface area contributed by atoms with Crippen molar-refractivity contribution >= 4 is 28.5 Å². The fourth-order valence-electron chi connectivity index (χ4n) is 2.90. The minimum absolute atomic E-state index is 0.155. The molecule has 0 aliphatic carbocycles. The number of amides is 1. The summed E-state index contributed by atoms with van der Waals surface area (Å²) in [6.07, 6.45) is 2.25. The number of para-hydroxylation sites is 1. The summed E-state index contributed by atoms with van der Waals surface area (Å²) in [5.74, 6) is -2.84. The van der Waals surface area contributed by atoms with Gasteiger partial charge in [-0.05, 0) is 43.5 Å². The Kier molecular flexibility index (Phi) is 6.03. The van der Waals surface area contributed by atoms with Gasteiger partial charge in [0.25, 0.3) is 5.91 Å². The first-order valence-corrected chi connectivity index (χ1v) is 8.94. The van der Waals surface area contributed by atoms with Crippen molar-refractivity contribution in [3.05, 3.63) is 65.9 Å². The molecule has 1 heterocycles. The topological polar surface area (TPSA) is 71.2 Å². The van der Waals surface area contributed by atoms with Crippen molar-refractivity contribution in [2.45, 2.75) is 32.3 Å². The van der Waals surface area contributed by atoms with Crippen molar-refractivity contribution in [1.29, 1.82) is 0 Å². The number of aromatic nitrogens is 1. The number of rotatable bonds is 7. The second kappa shape index (κ2) is 8.65. The summed E-state index contributed by atoms with van der Waals surface area (Å²) in [5, 5.41) is 3.39. The normalized spacial score (nSPS) is 12.0. The zero-order valence-corrected chi connectivity index (χ0v) is 15.3. The zero-order chi connectivity index (χ0) is 20.1. The van der Waals surface area contributed by atoms with Crippen LogP contribution in [0.4, 0.5) is 14.5 Å². The first-order chi connectivity index (χ1) is 13.4. The molecule has 3 aromatic rings. The molecule has 0 aliphatic rings. The van der Waals surface area contributed by atoms with Gasteiger partial charge in [-0.25, -0.2) is 8.78 Å². The summed E-state index contributed by atoms with van der Waals surface area (Å²) in [4.78, 5) is 27.2. The molecule has 0 spiro atoms.